The van der Waals surface area contributed by atoms with Gasteiger partial charge in [0, 0.05) is 17.9 Å². The molecular weight excluding hydrogens is 300 g/mol. The summed E-state index contributed by atoms with van der Waals surface area (Å²) in [6.07, 6.45) is 6.42. The van der Waals surface area contributed by atoms with Crippen LogP contribution in [0, 0.1) is 23.2 Å². The third kappa shape index (κ3) is 4.58. The number of rotatable bonds is 3. The number of benzene rings is 1. The molecule has 1 aromatic carbocycles. The Labute approximate surface area is 144 Å². The predicted octanol–water partition coefficient (Wildman–Crippen LogP) is 4.17. The standard InChI is InChI=1S/C21H24O3/c1-4-24-20(23)17-13-11-16(12-14-17)8-5-6-9-18-19(22)10-7-15-21(18,2)3/h6,9,11-14,18H,4,7,10,15H2,1-3H3/b9-6+. The molecule has 0 heterocycles. The summed E-state index contributed by atoms with van der Waals surface area (Å²) in [7, 11) is 0. The van der Waals surface area contributed by atoms with Gasteiger partial charge in [-0.2, -0.15) is 0 Å². The second-order valence-corrected chi connectivity index (χ2v) is 6.71. The zero-order chi connectivity index (χ0) is 17.6. The van der Waals surface area contributed by atoms with Crippen LogP contribution in [0.5, 0.6) is 0 Å². The zero-order valence-corrected chi connectivity index (χ0v) is 14.6. The Hall–Kier alpha value is -2.34. The third-order valence-corrected chi connectivity index (χ3v) is 4.42. The molecule has 1 atom stereocenters. The van der Waals surface area contributed by atoms with E-state index in [1.807, 2.05) is 6.08 Å². The van der Waals surface area contributed by atoms with E-state index in [0.717, 1.165) is 18.4 Å². The number of hydrogen-bond donors (Lipinski definition) is 0. The van der Waals surface area contributed by atoms with Gasteiger partial charge in [-0.25, -0.2) is 4.79 Å². The lowest BCUT2D eigenvalue weighted by molar-refractivity contribution is -0.127. The van der Waals surface area contributed by atoms with Gasteiger partial charge < -0.3 is 4.74 Å². The number of ether oxygens (including phenoxy) is 1. The Morgan fingerprint density at radius 3 is 2.67 bits per heavy atom. The van der Waals surface area contributed by atoms with Crippen LogP contribution in [-0.2, 0) is 9.53 Å². The van der Waals surface area contributed by atoms with E-state index in [1.54, 1.807) is 37.3 Å². The normalized spacial score (nSPS) is 19.6. The quantitative estimate of drug-likeness (QED) is 0.619. The van der Waals surface area contributed by atoms with E-state index in [0.29, 0.717) is 24.4 Å². The van der Waals surface area contributed by atoms with Crippen LogP contribution < -0.4 is 0 Å². The second kappa shape index (κ2) is 7.97. The molecule has 3 heteroatoms. The van der Waals surface area contributed by atoms with Gasteiger partial charge in [0.05, 0.1) is 12.2 Å². The maximum atomic E-state index is 12.1. The zero-order valence-electron chi connectivity index (χ0n) is 14.6. The van der Waals surface area contributed by atoms with Crippen LogP contribution in [0.1, 0.15) is 56.0 Å². The number of ketones is 1. The number of hydrogen-bond acceptors (Lipinski definition) is 3. The van der Waals surface area contributed by atoms with Crippen LogP contribution in [0.3, 0.4) is 0 Å². The molecule has 0 radical (unpaired) electrons. The molecule has 0 aromatic heterocycles. The number of Topliss-reactive ketones (excluding diaryl/α,β-unsaturated/α-hetero) is 1. The van der Waals surface area contributed by atoms with Crippen LogP contribution >= 0.6 is 0 Å². The number of carbonyl (C=O) groups is 2. The molecule has 3 nitrogen and oxygen atoms in total. The van der Waals surface area contributed by atoms with Crippen molar-refractivity contribution in [1.82, 2.24) is 0 Å². The minimum absolute atomic E-state index is 0.00873. The minimum Gasteiger partial charge on any atom is -0.462 e. The summed E-state index contributed by atoms with van der Waals surface area (Å²) in [5.74, 6) is 5.94. The monoisotopic (exact) mass is 324 g/mol. The van der Waals surface area contributed by atoms with Gasteiger partial charge in [-0.05, 0) is 55.5 Å². The van der Waals surface area contributed by atoms with E-state index in [2.05, 4.69) is 25.7 Å². The summed E-state index contributed by atoms with van der Waals surface area (Å²) in [5, 5.41) is 0. The first kappa shape index (κ1) is 18.0. The molecule has 1 aliphatic carbocycles. The van der Waals surface area contributed by atoms with Crippen molar-refractivity contribution in [2.24, 2.45) is 11.3 Å². The van der Waals surface area contributed by atoms with Crippen molar-refractivity contribution in [2.45, 2.75) is 40.0 Å². The molecule has 1 aliphatic rings. The first-order valence-electron chi connectivity index (χ1n) is 8.42. The third-order valence-electron chi connectivity index (χ3n) is 4.42. The second-order valence-electron chi connectivity index (χ2n) is 6.71. The molecule has 0 amide bonds. The van der Waals surface area contributed by atoms with Crippen LogP contribution in [0.2, 0.25) is 0 Å². The smallest absolute Gasteiger partial charge is 0.338 e. The molecule has 1 unspecified atom stereocenters. The van der Waals surface area contributed by atoms with Gasteiger partial charge in [0.25, 0.3) is 0 Å². The van der Waals surface area contributed by atoms with Gasteiger partial charge in [-0.15, -0.1) is 0 Å². The molecule has 0 aliphatic heterocycles. The van der Waals surface area contributed by atoms with Crippen LogP contribution in [-0.4, -0.2) is 18.4 Å². The van der Waals surface area contributed by atoms with Crippen LogP contribution in [0.25, 0.3) is 0 Å². The van der Waals surface area contributed by atoms with E-state index in [4.69, 9.17) is 4.74 Å². The molecule has 1 aromatic rings. The Morgan fingerprint density at radius 1 is 1.33 bits per heavy atom. The van der Waals surface area contributed by atoms with Gasteiger partial charge >= 0.3 is 5.97 Å². The summed E-state index contributed by atoms with van der Waals surface area (Å²) in [6, 6.07) is 7.00. The summed E-state index contributed by atoms with van der Waals surface area (Å²) < 4.78 is 4.94. The van der Waals surface area contributed by atoms with Crippen molar-refractivity contribution >= 4 is 11.8 Å². The molecule has 126 valence electrons. The number of carbonyl (C=O) groups excluding carboxylic acids is 2. The van der Waals surface area contributed by atoms with Gasteiger partial charge in [0.2, 0.25) is 0 Å². The first-order valence-corrected chi connectivity index (χ1v) is 8.42. The van der Waals surface area contributed by atoms with Crippen LogP contribution in [0.15, 0.2) is 36.4 Å². The van der Waals surface area contributed by atoms with Gasteiger partial charge in [0.1, 0.15) is 5.78 Å². The number of allylic oxidation sites excluding steroid dienone is 2. The van der Waals surface area contributed by atoms with E-state index in [-0.39, 0.29) is 17.3 Å². The topological polar surface area (TPSA) is 43.4 Å². The Bertz CT molecular complexity index is 684. The highest BCUT2D eigenvalue weighted by Crippen LogP contribution is 2.39. The fourth-order valence-electron chi connectivity index (χ4n) is 3.01. The largest absolute Gasteiger partial charge is 0.462 e. The first-order chi connectivity index (χ1) is 11.4. The molecule has 0 bridgehead atoms. The lowest BCUT2D eigenvalue weighted by Crippen LogP contribution is -2.33. The predicted molar refractivity (Wildman–Crippen MR) is 94.5 cm³/mol. The maximum absolute atomic E-state index is 12.1. The fourth-order valence-corrected chi connectivity index (χ4v) is 3.01. The molecule has 1 saturated carbocycles. The number of esters is 1. The SMILES string of the molecule is CCOC(=O)c1ccc(C#C/C=C/C2C(=O)CCCC2(C)C)cc1. The molecule has 0 spiro atoms. The lowest BCUT2D eigenvalue weighted by atomic mass is 9.68. The minimum atomic E-state index is -0.324. The Morgan fingerprint density at radius 2 is 2.04 bits per heavy atom. The average Bonchev–Trinajstić information content (AvgIpc) is 2.54. The van der Waals surface area contributed by atoms with Crippen molar-refractivity contribution in [2.75, 3.05) is 6.61 Å². The van der Waals surface area contributed by atoms with Gasteiger partial charge in [-0.3, -0.25) is 4.79 Å². The van der Waals surface area contributed by atoms with Gasteiger partial charge in [-0.1, -0.05) is 31.8 Å². The van der Waals surface area contributed by atoms with E-state index < -0.39 is 0 Å². The van der Waals surface area contributed by atoms with Crippen molar-refractivity contribution in [1.29, 1.82) is 0 Å². The maximum Gasteiger partial charge on any atom is 0.338 e. The summed E-state index contributed by atoms with van der Waals surface area (Å²) in [4.78, 5) is 23.7. The molecule has 0 N–H and O–H groups in total. The Balaban J connectivity index is 2.02. The van der Waals surface area contributed by atoms with E-state index in [1.165, 1.54) is 0 Å². The summed E-state index contributed by atoms with van der Waals surface area (Å²) in [5.41, 5.74) is 1.35. The molecular formula is C21H24O3. The molecule has 2 rings (SSSR count). The molecule has 1 fully saturated rings. The Kier molecular flexibility index (Phi) is 5.98. The highest BCUT2D eigenvalue weighted by molar-refractivity contribution is 5.89. The highest BCUT2D eigenvalue weighted by Gasteiger charge is 2.35. The summed E-state index contributed by atoms with van der Waals surface area (Å²) in [6.45, 7) is 6.42. The van der Waals surface area contributed by atoms with Crippen LogP contribution in [0.4, 0.5) is 0 Å². The van der Waals surface area contributed by atoms with Gasteiger partial charge in [0.15, 0.2) is 0 Å². The van der Waals surface area contributed by atoms with Crippen molar-refractivity contribution in [3.05, 3.63) is 47.5 Å². The molecule has 0 saturated heterocycles. The van der Waals surface area contributed by atoms with Crippen molar-refractivity contribution in [3.8, 4) is 11.8 Å². The highest BCUT2D eigenvalue weighted by atomic mass is 16.5. The molecule has 24 heavy (non-hydrogen) atoms. The lowest BCUT2D eigenvalue weighted by Gasteiger charge is -2.35. The van der Waals surface area contributed by atoms with E-state index >= 15 is 0 Å². The average molecular weight is 324 g/mol. The van der Waals surface area contributed by atoms with Crippen molar-refractivity contribution in [3.63, 3.8) is 0 Å². The van der Waals surface area contributed by atoms with Crippen molar-refractivity contribution < 1.29 is 14.3 Å². The summed E-state index contributed by atoms with van der Waals surface area (Å²) >= 11 is 0. The fraction of sp³-hybridized carbons (Fsp3) is 0.429. The van der Waals surface area contributed by atoms with E-state index in [9.17, 15) is 9.59 Å².